The van der Waals surface area contributed by atoms with Crippen LogP contribution in [0.2, 0.25) is 0 Å². The van der Waals surface area contributed by atoms with Gasteiger partial charge in [-0.25, -0.2) is 0 Å². The van der Waals surface area contributed by atoms with E-state index in [0.717, 1.165) is 25.9 Å². The number of methoxy groups -OCH3 is 1. The minimum absolute atomic E-state index is 0.251. The van der Waals surface area contributed by atoms with Crippen LogP contribution in [0.3, 0.4) is 0 Å². The molecule has 1 aliphatic rings. The first kappa shape index (κ1) is 12.4. The molecule has 0 N–H and O–H groups in total. The molecule has 0 atom stereocenters. The van der Waals surface area contributed by atoms with Gasteiger partial charge in [0.05, 0.1) is 7.11 Å². The van der Waals surface area contributed by atoms with Gasteiger partial charge in [-0.3, -0.25) is 4.31 Å². The maximum atomic E-state index is 5.78. The van der Waals surface area contributed by atoms with E-state index in [9.17, 15) is 0 Å². The van der Waals surface area contributed by atoms with Crippen LogP contribution >= 0.6 is 11.9 Å². The van der Waals surface area contributed by atoms with E-state index < -0.39 is 0 Å². The quantitative estimate of drug-likeness (QED) is 0.762. The summed E-state index contributed by atoms with van der Waals surface area (Å²) < 4.78 is 13.1. The maximum absolute atomic E-state index is 5.78. The fourth-order valence-corrected chi connectivity index (χ4v) is 2.36. The van der Waals surface area contributed by atoms with Crippen molar-refractivity contribution in [2.75, 3.05) is 26.5 Å². The van der Waals surface area contributed by atoms with Crippen molar-refractivity contribution in [2.45, 2.75) is 18.9 Å². The average molecular weight is 255 g/mol. The van der Waals surface area contributed by atoms with E-state index >= 15 is 0 Å². The van der Waals surface area contributed by atoms with Crippen LogP contribution in [0.4, 0.5) is 0 Å². The highest BCUT2D eigenvalue weighted by Crippen LogP contribution is 2.20. The summed E-state index contributed by atoms with van der Waals surface area (Å²) in [6, 6.07) is 3.56. The minimum Gasteiger partial charge on any atom is -0.480 e. The van der Waals surface area contributed by atoms with Gasteiger partial charge in [-0.2, -0.15) is 0 Å². The monoisotopic (exact) mass is 255 g/mol. The third-order valence-electron chi connectivity index (χ3n) is 2.77. The van der Waals surface area contributed by atoms with Crippen LogP contribution in [0.5, 0.6) is 11.8 Å². The molecule has 17 heavy (non-hydrogen) atoms. The largest absolute Gasteiger partial charge is 0.480 e. The second kappa shape index (κ2) is 6.07. The Balaban J connectivity index is 1.84. The van der Waals surface area contributed by atoms with Crippen molar-refractivity contribution in [3.05, 3.63) is 12.1 Å². The molecule has 1 aromatic rings. The van der Waals surface area contributed by atoms with E-state index in [-0.39, 0.29) is 6.10 Å². The Morgan fingerprint density at radius 3 is 2.41 bits per heavy atom. The third-order valence-corrected chi connectivity index (χ3v) is 3.65. The Morgan fingerprint density at radius 2 is 1.88 bits per heavy atom. The third kappa shape index (κ3) is 3.47. The molecule has 1 aliphatic heterocycles. The fourth-order valence-electron chi connectivity index (χ4n) is 1.78. The zero-order chi connectivity index (χ0) is 12.1. The summed E-state index contributed by atoms with van der Waals surface area (Å²) in [5, 5.41) is 7.85. The van der Waals surface area contributed by atoms with Crippen LogP contribution in [0.1, 0.15) is 12.8 Å². The Labute approximate surface area is 106 Å². The van der Waals surface area contributed by atoms with Gasteiger partial charge in [0.25, 0.3) is 0 Å². The van der Waals surface area contributed by atoms with E-state index in [1.165, 1.54) is 0 Å². The maximum Gasteiger partial charge on any atom is 0.233 e. The van der Waals surface area contributed by atoms with Gasteiger partial charge in [-0.05, 0) is 19.1 Å². The van der Waals surface area contributed by atoms with Gasteiger partial charge in [-0.1, -0.05) is 11.9 Å². The number of aromatic nitrogens is 2. The second-order valence-electron chi connectivity index (χ2n) is 3.84. The lowest BCUT2D eigenvalue weighted by Crippen LogP contribution is -2.34. The van der Waals surface area contributed by atoms with Gasteiger partial charge < -0.3 is 9.47 Å². The fraction of sp³-hybridized carbons (Fsp3) is 0.636. The molecular formula is C11H17N3O2S. The number of ether oxygens (including phenoxy) is 2. The van der Waals surface area contributed by atoms with Crippen LogP contribution in [0.25, 0.3) is 0 Å². The summed E-state index contributed by atoms with van der Waals surface area (Å²) in [6.07, 6.45) is 4.43. The summed E-state index contributed by atoms with van der Waals surface area (Å²) in [7, 11) is 1.57. The van der Waals surface area contributed by atoms with Gasteiger partial charge in [0.1, 0.15) is 6.10 Å². The van der Waals surface area contributed by atoms with Gasteiger partial charge in [0.2, 0.25) is 11.8 Å². The Hall–Kier alpha value is -1.01. The normalized spacial score (nSPS) is 18.0. The standard InChI is InChI=1S/C11H17N3O2S/c1-15-10-3-4-11(13-12-10)16-9-5-7-14(17-2)8-6-9/h3-4,9H,5-8H2,1-2H3. The molecule has 5 nitrogen and oxygen atoms in total. The number of hydrogen-bond donors (Lipinski definition) is 0. The van der Waals surface area contributed by atoms with E-state index in [1.807, 2.05) is 0 Å². The summed E-state index contributed by atoms with van der Waals surface area (Å²) in [4.78, 5) is 0. The number of hydrogen-bond acceptors (Lipinski definition) is 6. The first-order chi connectivity index (χ1) is 8.31. The summed E-state index contributed by atoms with van der Waals surface area (Å²) >= 11 is 1.79. The number of piperidine rings is 1. The van der Waals surface area contributed by atoms with Crippen LogP contribution in [0, 0.1) is 0 Å². The first-order valence-electron chi connectivity index (χ1n) is 5.65. The van der Waals surface area contributed by atoms with E-state index in [2.05, 4.69) is 20.8 Å². The van der Waals surface area contributed by atoms with Crippen molar-refractivity contribution in [3.8, 4) is 11.8 Å². The van der Waals surface area contributed by atoms with E-state index in [1.54, 1.807) is 31.2 Å². The highest BCUT2D eigenvalue weighted by molar-refractivity contribution is 7.96. The molecule has 94 valence electrons. The van der Waals surface area contributed by atoms with Gasteiger partial charge in [0, 0.05) is 25.2 Å². The molecule has 0 saturated carbocycles. The van der Waals surface area contributed by atoms with E-state index in [4.69, 9.17) is 9.47 Å². The summed E-state index contributed by atoms with van der Waals surface area (Å²) in [5.74, 6) is 1.09. The van der Waals surface area contributed by atoms with Gasteiger partial charge in [-0.15, -0.1) is 10.2 Å². The van der Waals surface area contributed by atoms with Gasteiger partial charge >= 0.3 is 0 Å². The number of rotatable bonds is 4. The Bertz CT molecular complexity index is 339. The van der Waals surface area contributed by atoms with Crippen molar-refractivity contribution in [1.82, 2.24) is 14.5 Å². The smallest absolute Gasteiger partial charge is 0.233 e. The molecule has 0 bridgehead atoms. The van der Waals surface area contributed by atoms with Gasteiger partial charge in [0.15, 0.2) is 0 Å². The average Bonchev–Trinajstić information content (AvgIpc) is 2.40. The summed E-state index contributed by atoms with van der Waals surface area (Å²) in [6.45, 7) is 2.13. The predicted molar refractivity (Wildman–Crippen MR) is 67.3 cm³/mol. The highest BCUT2D eigenvalue weighted by Gasteiger charge is 2.20. The van der Waals surface area contributed by atoms with E-state index in [0.29, 0.717) is 11.8 Å². The lowest BCUT2D eigenvalue weighted by molar-refractivity contribution is 0.132. The van der Waals surface area contributed by atoms with Crippen molar-refractivity contribution >= 4 is 11.9 Å². The Morgan fingerprint density at radius 1 is 1.24 bits per heavy atom. The molecule has 0 unspecified atom stereocenters. The molecule has 0 spiro atoms. The van der Waals surface area contributed by atoms with Crippen LogP contribution in [0.15, 0.2) is 12.1 Å². The molecule has 0 aromatic carbocycles. The SMILES string of the molecule is COc1ccc(OC2CCN(SC)CC2)nn1. The summed E-state index contributed by atoms with van der Waals surface area (Å²) in [5.41, 5.74) is 0. The van der Waals surface area contributed by atoms with Crippen LogP contribution in [-0.4, -0.2) is 47.1 Å². The lowest BCUT2D eigenvalue weighted by Gasteiger charge is -2.29. The van der Waals surface area contributed by atoms with Crippen molar-refractivity contribution in [2.24, 2.45) is 0 Å². The predicted octanol–water partition coefficient (Wildman–Crippen LogP) is 1.61. The Kier molecular flexibility index (Phi) is 4.44. The molecule has 0 aliphatic carbocycles. The molecule has 2 rings (SSSR count). The zero-order valence-electron chi connectivity index (χ0n) is 10.1. The topological polar surface area (TPSA) is 47.5 Å². The van der Waals surface area contributed by atoms with Crippen molar-refractivity contribution in [3.63, 3.8) is 0 Å². The zero-order valence-corrected chi connectivity index (χ0v) is 10.9. The van der Waals surface area contributed by atoms with Crippen molar-refractivity contribution < 1.29 is 9.47 Å². The molecular weight excluding hydrogens is 238 g/mol. The minimum atomic E-state index is 0.251. The number of nitrogens with zero attached hydrogens (tertiary/aromatic N) is 3. The molecule has 0 amide bonds. The molecule has 1 fully saturated rings. The van der Waals surface area contributed by atoms with Crippen LogP contribution in [-0.2, 0) is 0 Å². The second-order valence-corrected chi connectivity index (χ2v) is 4.72. The molecule has 2 heterocycles. The van der Waals surface area contributed by atoms with Crippen molar-refractivity contribution in [1.29, 1.82) is 0 Å². The molecule has 1 saturated heterocycles. The molecule has 0 radical (unpaired) electrons. The molecule has 1 aromatic heterocycles. The lowest BCUT2D eigenvalue weighted by atomic mass is 10.1. The first-order valence-corrected chi connectivity index (χ1v) is 6.83. The highest BCUT2D eigenvalue weighted by atomic mass is 32.2. The van der Waals surface area contributed by atoms with Crippen LogP contribution < -0.4 is 9.47 Å². The molecule has 6 heteroatoms.